The number of aryl methyl sites for hydroxylation is 2. The molecule has 0 aliphatic heterocycles. The van der Waals surface area contributed by atoms with Crippen LogP contribution in [0, 0.1) is 57.4 Å². The van der Waals surface area contributed by atoms with Crippen LogP contribution in [-0.4, -0.2) is 0 Å². The number of nitrogens with zero attached hydrogens (tertiary/aromatic N) is 2. The van der Waals surface area contributed by atoms with Crippen molar-refractivity contribution >= 4 is 103 Å². The lowest BCUT2D eigenvalue weighted by atomic mass is 9.85. The first-order valence-electron chi connectivity index (χ1n) is 21.3. The summed E-state index contributed by atoms with van der Waals surface area (Å²) in [5.41, 5.74) is 8.38. The molecule has 0 saturated carbocycles. The summed E-state index contributed by atoms with van der Waals surface area (Å²) in [5.74, 6) is 0. The van der Waals surface area contributed by atoms with Gasteiger partial charge in [-0.2, -0.15) is 10.5 Å². The van der Waals surface area contributed by atoms with Crippen molar-refractivity contribution in [3.8, 4) is 34.4 Å². The zero-order valence-corrected chi connectivity index (χ0v) is 33.9. The molecule has 0 aromatic heterocycles. The fraction of sp³-hybridized carbons (Fsp3) is 0.0333. The van der Waals surface area contributed by atoms with Crippen LogP contribution in [0.5, 0.6) is 0 Å². The van der Waals surface area contributed by atoms with Gasteiger partial charge in [0.15, 0.2) is 0 Å². The van der Waals surface area contributed by atoms with Crippen molar-refractivity contribution in [3.63, 3.8) is 0 Å². The second kappa shape index (κ2) is 11.7. The van der Waals surface area contributed by atoms with E-state index in [1.54, 1.807) is 6.08 Å². The minimum Gasteiger partial charge on any atom is -0.192 e. The van der Waals surface area contributed by atoms with E-state index < -0.39 is 0 Å². The van der Waals surface area contributed by atoms with Gasteiger partial charge in [0.1, 0.15) is 17.7 Å². The number of hydrogen-bond acceptors (Lipinski definition) is 2. The van der Waals surface area contributed by atoms with Crippen LogP contribution < -0.4 is 0 Å². The number of nitriles is 2. The van der Waals surface area contributed by atoms with Crippen molar-refractivity contribution in [1.29, 1.82) is 10.5 Å². The Balaban J connectivity index is 1.26. The first-order valence-corrected chi connectivity index (χ1v) is 21.3. The summed E-state index contributed by atoms with van der Waals surface area (Å²) in [7, 11) is 0. The molecule has 0 bridgehead atoms. The van der Waals surface area contributed by atoms with Gasteiger partial charge in [-0.3, -0.25) is 0 Å². The van der Waals surface area contributed by atoms with Crippen LogP contribution in [-0.2, 0) is 0 Å². The molecule has 2 heteroatoms. The van der Waals surface area contributed by atoms with Gasteiger partial charge >= 0.3 is 0 Å². The summed E-state index contributed by atoms with van der Waals surface area (Å²) in [6.45, 7) is 4.48. The normalized spacial score (nSPS) is 12.3. The molecule has 0 radical (unpaired) electrons. The third-order valence-electron chi connectivity index (χ3n) is 14.4. The van der Waals surface area contributed by atoms with Crippen LogP contribution >= 0.6 is 0 Å². The molecular formula is C60H32N2. The van der Waals surface area contributed by atoms with Crippen LogP contribution in [0.25, 0.3) is 125 Å². The molecule has 1 aliphatic carbocycles. The number of fused-ring (bicyclic) bond motifs is 9. The Bertz CT molecular complexity index is 4300. The Morgan fingerprint density at radius 2 is 0.742 bits per heavy atom. The third-order valence-corrected chi connectivity index (χ3v) is 14.4. The molecule has 14 rings (SSSR count). The minimum atomic E-state index is 0.0931. The summed E-state index contributed by atoms with van der Waals surface area (Å²) in [6, 6.07) is 60.8. The van der Waals surface area contributed by atoms with Crippen molar-refractivity contribution in [2.75, 3.05) is 0 Å². The molecule has 282 valence electrons. The van der Waals surface area contributed by atoms with Gasteiger partial charge < -0.3 is 0 Å². The third kappa shape index (κ3) is 3.94. The van der Waals surface area contributed by atoms with E-state index in [-0.39, 0.29) is 5.57 Å². The highest BCUT2D eigenvalue weighted by molar-refractivity contribution is 6.49. The Hall–Kier alpha value is -8.30. The van der Waals surface area contributed by atoms with E-state index in [0.717, 1.165) is 16.3 Å². The fourth-order valence-electron chi connectivity index (χ4n) is 12.0. The maximum absolute atomic E-state index is 9.79. The smallest absolute Gasteiger partial charge is 0.130 e. The van der Waals surface area contributed by atoms with E-state index in [0.29, 0.717) is 0 Å². The van der Waals surface area contributed by atoms with Crippen molar-refractivity contribution in [2.45, 2.75) is 13.8 Å². The van der Waals surface area contributed by atoms with Crippen LogP contribution in [0.3, 0.4) is 0 Å². The number of hydrogen-bond donors (Lipinski definition) is 0. The highest BCUT2D eigenvalue weighted by Crippen LogP contribution is 2.58. The molecule has 13 aromatic carbocycles. The van der Waals surface area contributed by atoms with Gasteiger partial charge in [-0.25, -0.2) is 0 Å². The van der Waals surface area contributed by atoms with Crippen LogP contribution in [0.2, 0.25) is 0 Å². The first kappa shape index (κ1) is 33.5. The molecule has 0 atom stereocenters. The molecule has 0 saturated heterocycles. The molecule has 13 aromatic rings. The summed E-state index contributed by atoms with van der Waals surface area (Å²) in [4.78, 5) is 0. The number of benzene rings is 11. The Morgan fingerprint density at radius 1 is 0.339 bits per heavy atom. The highest BCUT2D eigenvalue weighted by Gasteiger charge is 2.30. The van der Waals surface area contributed by atoms with Crippen LogP contribution in [0.15, 0.2) is 157 Å². The average Bonchev–Trinajstić information content (AvgIpc) is 3.95. The maximum atomic E-state index is 9.79. The van der Waals surface area contributed by atoms with Gasteiger partial charge in [-0.05, 0) is 177 Å². The van der Waals surface area contributed by atoms with Crippen LogP contribution in [0.1, 0.15) is 16.7 Å². The van der Waals surface area contributed by atoms with Crippen molar-refractivity contribution < 1.29 is 0 Å². The average molecular weight is 781 g/mol. The van der Waals surface area contributed by atoms with Gasteiger partial charge in [0, 0.05) is 0 Å². The molecule has 0 amide bonds. The molecule has 0 N–H and O–H groups in total. The van der Waals surface area contributed by atoms with Crippen molar-refractivity contribution in [2.24, 2.45) is 0 Å². The largest absolute Gasteiger partial charge is 0.192 e. The predicted molar refractivity (Wildman–Crippen MR) is 259 cm³/mol. The van der Waals surface area contributed by atoms with E-state index in [1.165, 1.54) is 140 Å². The van der Waals surface area contributed by atoms with E-state index in [4.69, 9.17) is 0 Å². The quantitative estimate of drug-likeness (QED) is 0.102. The second-order valence-corrected chi connectivity index (χ2v) is 17.3. The first-order chi connectivity index (χ1) is 30.6. The van der Waals surface area contributed by atoms with Crippen molar-refractivity contribution in [1.82, 2.24) is 0 Å². The van der Waals surface area contributed by atoms with Gasteiger partial charge in [-0.1, -0.05) is 152 Å². The lowest BCUT2D eigenvalue weighted by Gasteiger charge is -2.17. The molecule has 2 nitrogen and oxygen atoms in total. The maximum Gasteiger partial charge on any atom is 0.130 e. The van der Waals surface area contributed by atoms with E-state index in [2.05, 4.69) is 178 Å². The van der Waals surface area contributed by atoms with E-state index >= 15 is 0 Å². The van der Waals surface area contributed by atoms with Crippen molar-refractivity contribution in [3.05, 3.63) is 195 Å². The minimum absolute atomic E-state index is 0.0931. The summed E-state index contributed by atoms with van der Waals surface area (Å²) in [6.07, 6.45) is 1.73. The molecule has 0 heterocycles. The Kier molecular flexibility index (Phi) is 6.33. The lowest BCUT2D eigenvalue weighted by molar-refractivity contribution is 1.47. The molecule has 62 heavy (non-hydrogen) atoms. The second-order valence-electron chi connectivity index (χ2n) is 17.3. The zero-order chi connectivity index (χ0) is 41.1. The molecule has 0 spiro atoms. The number of rotatable bonds is 3. The molecule has 0 fully saturated rings. The fourth-order valence-corrected chi connectivity index (χ4v) is 12.0. The zero-order valence-electron chi connectivity index (χ0n) is 33.9. The van der Waals surface area contributed by atoms with Gasteiger partial charge in [0.05, 0.1) is 0 Å². The monoisotopic (exact) mass is 780 g/mol. The SMILES string of the molecule is Cc1ccccc1-c1c2c3cccc4c(C=C(C#N)C#N)ccc(c2c(-c2ccccc2C)c2c5ccc6c7ccc8c9c(ccc(c%10ccc(c12)c5c%106)c97)=c1ccccc1=8)c43. The summed E-state index contributed by atoms with van der Waals surface area (Å²) >= 11 is 0. The van der Waals surface area contributed by atoms with E-state index in [9.17, 15) is 10.5 Å². The van der Waals surface area contributed by atoms with Crippen LogP contribution in [0.4, 0.5) is 0 Å². The highest BCUT2D eigenvalue weighted by atomic mass is 14.3. The predicted octanol–water partition coefficient (Wildman–Crippen LogP) is 15.6. The van der Waals surface area contributed by atoms with E-state index in [1.807, 2.05) is 0 Å². The van der Waals surface area contributed by atoms with Gasteiger partial charge in [0.2, 0.25) is 0 Å². The lowest BCUT2D eigenvalue weighted by Crippen LogP contribution is -1.91. The Morgan fingerprint density at radius 3 is 1.27 bits per heavy atom. The molecular weight excluding hydrogens is 749 g/mol. The van der Waals surface area contributed by atoms with Gasteiger partial charge in [0.25, 0.3) is 0 Å². The standard InChI is InChI=1S/C60H32N2/c1-31-10-3-5-12-35(31)55-57-46-17-9-16-37-34(28-33(29-61)30-62)18-19-47(50(37)46)58(57)56(36-13-6-4-11-32(36)2)60-49-27-25-45-43-23-21-41-39-15-8-7-14-38(39)40-20-22-42(52(43)51(40)41)44-24-26-48(59(55)60)54(49)53(44)45/h3-28H,1-2H3. The summed E-state index contributed by atoms with van der Waals surface area (Å²) < 4.78 is 0. The number of allylic oxidation sites excluding steroid dienone is 1. The topological polar surface area (TPSA) is 47.6 Å². The summed E-state index contributed by atoms with van der Waals surface area (Å²) in [5, 5.41) is 47.6. The Labute approximate surface area is 355 Å². The molecule has 1 aliphatic rings. The molecule has 0 unspecified atom stereocenters. The van der Waals surface area contributed by atoms with Gasteiger partial charge in [-0.15, -0.1) is 0 Å².